The SMILES string of the molecule is Cc1cc(N2CCCC2)ccc1NC(=O)C1(N)CCOC1. The van der Waals surface area contributed by atoms with E-state index in [0.717, 1.165) is 24.3 Å². The van der Waals surface area contributed by atoms with Crippen LogP contribution in [-0.2, 0) is 9.53 Å². The van der Waals surface area contributed by atoms with Gasteiger partial charge in [0, 0.05) is 31.1 Å². The minimum atomic E-state index is -0.889. The highest BCUT2D eigenvalue weighted by molar-refractivity contribution is 5.99. The lowest BCUT2D eigenvalue weighted by atomic mass is 9.99. The average Bonchev–Trinajstić information content (AvgIpc) is 3.13. The molecule has 0 aliphatic carbocycles. The summed E-state index contributed by atoms with van der Waals surface area (Å²) in [7, 11) is 0. The number of ether oxygens (including phenoxy) is 1. The number of nitrogens with one attached hydrogen (secondary N) is 1. The number of anilines is 2. The van der Waals surface area contributed by atoms with E-state index in [1.165, 1.54) is 18.5 Å². The van der Waals surface area contributed by atoms with Crippen LogP contribution in [0.4, 0.5) is 11.4 Å². The molecule has 1 unspecified atom stereocenters. The molecule has 2 fully saturated rings. The van der Waals surface area contributed by atoms with Gasteiger partial charge in [-0.15, -0.1) is 0 Å². The van der Waals surface area contributed by atoms with Crippen molar-refractivity contribution < 1.29 is 9.53 Å². The first kappa shape index (κ1) is 14.4. The standard InChI is InChI=1S/C16H23N3O2/c1-12-10-13(19-7-2-3-8-19)4-5-14(12)18-15(20)16(17)6-9-21-11-16/h4-5,10H,2-3,6-9,11,17H2,1H3,(H,18,20). The van der Waals surface area contributed by atoms with Gasteiger partial charge in [0.1, 0.15) is 5.54 Å². The van der Waals surface area contributed by atoms with Gasteiger partial charge in [0.15, 0.2) is 0 Å². The molecule has 0 spiro atoms. The van der Waals surface area contributed by atoms with E-state index in [1.807, 2.05) is 13.0 Å². The predicted octanol–water partition coefficient (Wildman–Crippen LogP) is 1.65. The third-order valence-corrected chi connectivity index (χ3v) is 4.43. The highest BCUT2D eigenvalue weighted by Gasteiger charge is 2.38. The Morgan fingerprint density at radius 1 is 1.38 bits per heavy atom. The van der Waals surface area contributed by atoms with Crippen LogP contribution in [0.5, 0.6) is 0 Å². The Balaban J connectivity index is 1.72. The third kappa shape index (κ3) is 2.89. The molecular weight excluding hydrogens is 266 g/mol. The van der Waals surface area contributed by atoms with Crippen LogP contribution in [-0.4, -0.2) is 37.7 Å². The van der Waals surface area contributed by atoms with E-state index < -0.39 is 5.54 Å². The van der Waals surface area contributed by atoms with Crippen LogP contribution in [0, 0.1) is 6.92 Å². The zero-order valence-electron chi connectivity index (χ0n) is 12.5. The minimum absolute atomic E-state index is 0.156. The summed E-state index contributed by atoms with van der Waals surface area (Å²) < 4.78 is 5.24. The summed E-state index contributed by atoms with van der Waals surface area (Å²) in [6.07, 6.45) is 3.09. The van der Waals surface area contributed by atoms with Gasteiger partial charge in [-0.1, -0.05) is 0 Å². The first-order valence-corrected chi connectivity index (χ1v) is 7.62. The van der Waals surface area contributed by atoms with Crippen molar-refractivity contribution >= 4 is 17.3 Å². The summed E-state index contributed by atoms with van der Waals surface area (Å²) >= 11 is 0. The molecule has 0 bridgehead atoms. The molecule has 0 radical (unpaired) electrons. The van der Waals surface area contributed by atoms with Crippen LogP contribution in [0.15, 0.2) is 18.2 Å². The topological polar surface area (TPSA) is 67.6 Å². The number of carbonyl (C=O) groups excluding carboxylic acids is 1. The van der Waals surface area contributed by atoms with Crippen LogP contribution < -0.4 is 16.0 Å². The van der Waals surface area contributed by atoms with Crippen molar-refractivity contribution in [3.8, 4) is 0 Å². The number of hydrogen-bond donors (Lipinski definition) is 2. The smallest absolute Gasteiger partial charge is 0.246 e. The lowest BCUT2D eigenvalue weighted by Gasteiger charge is -2.23. The zero-order chi connectivity index (χ0) is 14.9. The van der Waals surface area contributed by atoms with E-state index in [4.69, 9.17) is 10.5 Å². The highest BCUT2D eigenvalue weighted by Crippen LogP contribution is 2.26. The van der Waals surface area contributed by atoms with Crippen LogP contribution in [0.1, 0.15) is 24.8 Å². The van der Waals surface area contributed by atoms with Gasteiger partial charge in [0.25, 0.3) is 0 Å². The quantitative estimate of drug-likeness (QED) is 0.888. The van der Waals surface area contributed by atoms with E-state index in [9.17, 15) is 4.79 Å². The van der Waals surface area contributed by atoms with Crippen LogP contribution in [0.3, 0.4) is 0 Å². The van der Waals surface area contributed by atoms with Crippen molar-refractivity contribution in [2.75, 3.05) is 36.5 Å². The van der Waals surface area contributed by atoms with Gasteiger partial charge in [0.05, 0.1) is 6.61 Å². The van der Waals surface area contributed by atoms with Gasteiger partial charge in [-0.25, -0.2) is 0 Å². The molecule has 1 aromatic rings. The van der Waals surface area contributed by atoms with Crippen molar-refractivity contribution in [1.29, 1.82) is 0 Å². The van der Waals surface area contributed by atoms with E-state index in [0.29, 0.717) is 19.6 Å². The molecule has 1 atom stereocenters. The number of carbonyl (C=O) groups is 1. The Hall–Kier alpha value is -1.59. The van der Waals surface area contributed by atoms with Crippen molar-refractivity contribution in [1.82, 2.24) is 0 Å². The average molecular weight is 289 g/mol. The normalized spacial score (nSPS) is 25.3. The Bertz CT molecular complexity index is 532. The second-order valence-corrected chi connectivity index (χ2v) is 6.11. The molecule has 2 heterocycles. The Morgan fingerprint density at radius 3 is 2.76 bits per heavy atom. The molecule has 2 aliphatic rings. The van der Waals surface area contributed by atoms with Crippen molar-refractivity contribution in [2.45, 2.75) is 31.7 Å². The van der Waals surface area contributed by atoms with Gasteiger partial charge in [-0.3, -0.25) is 4.79 Å². The van der Waals surface area contributed by atoms with E-state index >= 15 is 0 Å². The maximum Gasteiger partial charge on any atom is 0.246 e. The molecule has 1 amide bonds. The molecule has 3 rings (SSSR count). The molecule has 114 valence electrons. The van der Waals surface area contributed by atoms with Crippen molar-refractivity contribution in [2.24, 2.45) is 5.73 Å². The first-order chi connectivity index (χ1) is 10.1. The van der Waals surface area contributed by atoms with Crippen LogP contribution in [0.2, 0.25) is 0 Å². The number of hydrogen-bond acceptors (Lipinski definition) is 4. The number of nitrogens with two attached hydrogens (primary N) is 1. The second-order valence-electron chi connectivity index (χ2n) is 6.11. The monoisotopic (exact) mass is 289 g/mol. The highest BCUT2D eigenvalue weighted by atomic mass is 16.5. The fourth-order valence-corrected chi connectivity index (χ4v) is 2.97. The maximum absolute atomic E-state index is 12.3. The minimum Gasteiger partial charge on any atom is -0.379 e. The Labute approximate surface area is 125 Å². The number of benzene rings is 1. The molecular formula is C16H23N3O2. The van der Waals surface area contributed by atoms with Gasteiger partial charge in [-0.05, 0) is 49.9 Å². The molecule has 0 aromatic heterocycles. The molecule has 3 N–H and O–H groups in total. The maximum atomic E-state index is 12.3. The van der Waals surface area contributed by atoms with Gasteiger partial charge < -0.3 is 20.7 Å². The van der Waals surface area contributed by atoms with Crippen molar-refractivity contribution in [3.05, 3.63) is 23.8 Å². The summed E-state index contributed by atoms with van der Waals surface area (Å²) in [5.41, 5.74) is 8.33. The number of amides is 1. The number of aryl methyl sites for hydroxylation is 1. The predicted molar refractivity (Wildman–Crippen MR) is 83.6 cm³/mol. The molecule has 2 saturated heterocycles. The van der Waals surface area contributed by atoms with E-state index in [-0.39, 0.29) is 5.91 Å². The summed E-state index contributed by atoms with van der Waals surface area (Å²) in [6.45, 7) is 5.10. The first-order valence-electron chi connectivity index (χ1n) is 7.62. The third-order valence-electron chi connectivity index (χ3n) is 4.43. The van der Waals surface area contributed by atoms with Crippen LogP contribution >= 0.6 is 0 Å². The summed E-state index contributed by atoms with van der Waals surface area (Å²) in [6, 6.07) is 6.18. The molecule has 0 saturated carbocycles. The Morgan fingerprint density at radius 2 is 2.14 bits per heavy atom. The lowest BCUT2D eigenvalue weighted by Crippen LogP contribution is -2.51. The fourth-order valence-electron chi connectivity index (χ4n) is 2.97. The van der Waals surface area contributed by atoms with Crippen molar-refractivity contribution in [3.63, 3.8) is 0 Å². The van der Waals surface area contributed by atoms with Crippen LogP contribution in [0.25, 0.3) is 0 Å². The summed E-state index contributed by atoms with van der Waals surface area (Å²) in [5, 5.41) is 2.95. The largest absolute Gasteiger partial charge is 0.379 e. The number of rotatable bonds is 3. The molecule has 5 nitrogen and oxygen atoms in total. The molecule has 5 heteroatoms. The second kappa shape index (κ2) is 5.66. The molecule has 2 aliphatic heterocycles. The van der Waals surface area contributed by atoms with E-state index in [2.05, 4.69) is 22.3 Å². The van der Waals surface area contributed by atoms with E-state index in [1.54, 1.807) is 0 Å². The molecule has 21 heavy (non-hydrogen) atoms. The summed E-state index contributed by atoms with van der Waals surface area (Å²) in [5.74, 6) is -0.156. The molecule has 1 aromatic carbocycles. The van der Waals surface area contributed by atoms with Gasteiger partial charge in [0.2, 0.25) is 5.91 Å². The van der Waals surface area contributed by atoms with Gasteiger partial charge >= 0.3 is 0 Å². The fraction of sp³-hybridized carbons (Fsp3) is 0.562. The van der Waals surface area contributed by atoms with Gasteiger partial charge in [-0.2, -0.15) is 0 Å². The Kier molecular flexibility index (Phi) is 3.87. The zero-order valence-corrected chi connectivity index (χ0v) is 12.5. The lowest BCUT2D eigenvalue weighted by molar-refractivity contribution is -0.121. The summed E-state index contributed by atoms with van der Waals surface area (Å²) in [4.78, 5) is 14.7. The number of nitrogens with zero attached hydrogens (tertiary/aromatic N) is 1.